The maximum Gasteiger partial charge on any atom is 0.496 e. The highest BCUT2D eigenvalue weighted by Gasteiger charge is 2.51. The fourth-order valence-corrected chi connectivity index (χ4v) is 4.26. The van der Waals surface area contributed by atoms with Crippen LogP contribution in [0.15, 0.2) is 71.3 Å². The smallest absolute Gasteiger partial charge is 0.455 e. The van der Waals surface area contributed by atoms with Crippen molar-refractivity contribution in [3.05, 3.63) is 66.9 Å². The molecule has 1 aliphatic heterocycles. The van der Waals surface area contributed by atoms with Crippen LogP contribution in [-0.2, 0) is 9.31 Å². The second-order valence-corrected chi connectivity index (χ2v) is 9.34. The fourth-order valence-electron chi connectivity index (χ4n) is 4.26. The summed E-state index contributed by atoms with van der Waals surface area (Å²) in [7, 11) is -0.444. The van der Waals surface area contributed by atoms with Crippen LogP contribution in [0.5, 0.6) is 0 Å². The number of pyridine rings is 2. The van der Waals surface area contributed by atoms with Crippen molar-refractivity contribution < 1.29 is 13.7 Å². The molecule has 0 radical (unpaired) electrons. The van der Waals surface area contributed by atoms with Crippen LogP contribution in [0.1, 0.15) is 27.7 Å². The number of fused-ring (bicyclic) bond motifs is 5. The largest absolute Gasteiger partial charge is 0.496 e. The molecule has 0 bridgehead atoms. The zero-order valence-electron chi connectivity index (χ0n) is 18.5. The Bertz CT molecular complexity index is 1470. The number of nitrogens with zero attached hydrogens (tertiary/aromatic N) is 2. The second-order valence-electron chi connectivity index (χ2n) is 9.34. The Labute approximate surface area is 186 Å². The monoisotopic (exact) mass is 422 g/mol. The minimum absolute atomic E-state index is 0.391. The third-order valence-corrected chi connectivity index (χ3v) is 6.77. The van der Waals surface area contributed by atoms with Gasteiger partial charge in [0.25, 0.3) is 0 Å². The lowest BCUT2D eigenvalue weighted by Gasteiger charge is -2.32. The number of furan rings is 1. The van der Waals surface area contributed by atoms with Crippen LogP contribution >= 0.6 is 0 Å². The summed E-state index contributed by atoms with van der Waals surface area (Å²) in [6.45, 7) is 8.20. The van der Waals surface area contributed by atoms with Gasteiger partial charge >= 0.3 is 7.12 Å². The van der Waals surface area contributed by atoms with Crippen molar-refractivity contribution >= 4 is 45.4 Å². The van der Waals surface area contributed by atoms with Crippen LogP contribution in [0.4, 0.5) is 0 Å². The molecule has 0 N–H and O–H groups in total. The maximum atomic E-state index is 6.27. The molecule has 0 unspecified atom stereocenters. The number of hydrogen-bond donors (Lipinski definition) is 0. The molecule has 0 atom stereocenters. The first-order valence-electron chi connectivity index (χ1n) is 10.9. The number of aromatic nitrogens is 2. The van der Waals surface area contributed by atoms with Crippen molar-refractivity contribution in [1.29, 1.82) is 0 Å². The van der Waals surface area contributed by atoms with E-state index in [0.717, 1.165) is 49.7 Å². The summed E-state index contributed by atoms with van der Waals surface area (Å²) in [5.74, 6) is 0. The molecule has 32 heavy (non-hydrogen) atoms. The third kappa shape index (κ3) is 2.80. The average molecular weight is 422 g/mol. The van der Waals surface area contributed by atoms with E-state index in [2.05, 4.69) is 33.8 Å². The van der Waals surface area contributed by atoms with Crippen molar-refractivity contribution in [1.82, 2.24) is 9.97 Å². The first-order chi connectivity index (χ1) is 15.3. The van der Waals surface area contributed by atoms with E-state index in [1.54, 1.807) is 0 Å². The van der Waals surface area contributed by atoms with E-state index in [1.807, 2.05) is 60.8 Å². The molecule has 2 aromatic carbocycles. The maximum absolute atomic E-state index is 6.27. The summed E-state index contributed by atoms with van der Waals surface area (Å²) in [5.41, 5.74) is 4.26. The molecule has 0 aliphatic carbocycles. The van der Waals surface area contributed by atoms with Gasteiger partial charge in [0.1, 0.15) is 16.9 Å². The van der Waals surface area contributed by atoms with Crippen molar-refractivity contribution in [2.75, 3.05) is 0 Å². The van der Waals surface area contributed by atoms with E-state index in [0.29, 0.717) is 0 Å². The second kappa shape index (κ2) is 6.64. The first kappa shape index (κ1) is 19.5. The Morgan fingerprint density at radius 3 is 2.19 bits per heavy atom. The molecule has 6 rings (SSSR count). The highest BCUT2D eigenvalue weighted by Crippen LogP contribution is 2.39. The van der Waals surface area contributed by atoms with E-state index in [9.17, 15) is 0 Å². The molecule has 158 valence electrons. The van der Waals surface area contributed by atoms with Crippen molar-refractivity contribution in [2.24, 2.45) is 0 Å². The van der Waals surface area contributed by atoms with E-state index in [1.165, 1.54) is 0 Å². The Morgan fingerprint density at radius 1 is 0.781 bits per heavy atom. The number of hydrogen-bond acceptors (Lipinski definition) is 5. The average Bonchev–Trinajstić information content (AvgIpc) is 3.27. The zero-order valence-corrected chi connectivity index (χ0v) is 18.5. The van der Waals surface area contributed by atoms with Gasteiger partial charge in [0.15, 0.2) is 0 Å². The molecule has 5 aromatic rings. The predicted octanol–water partition coefficient (Wildman–Crippen LogP) is 5.50. The van der Waals surface area contributed by atoms with E-state index >= 15 is 0 Å². The molecule has 3 aromatic heterocycles. The lowest BCUT2D eigenvalue weighted by atomic mass is 9.80. The van der Waals surface area contributed by atoms with E-state index < -0.39 is 18.3 Å². The standard InChI is InChI=1S/C26H23BN2O3/c1-25(2)26(3,4)32-27(31-25)16-13-14-20(28-15-16)23-22-18-10-6-8-12-21(18)30-24(22)17-9-5-7-11-19(17)29-23/h5-15H,1-4H3. The third-order valence-electron chi connectivity index (χ3n) is 6.77. The number of para-hydroxylation sites is 2. The fraction of sp³-hybridized carbons (Fsp3) is 0.231. The van der Waals surface area contributed by atoms with Gasteiger partial charge < -0.3 is 13.7 Å². The van der Waals surface area contributed by atoms with Gasteiger partial charge in [-0.25, -0.2) is 4.98 Å². The molecule has 0 saturated carbocycles. The number of rotatable bonds is 2. The lowest BCUT2D eigenvalue weighted by molar-refractivity contribution is 0.00578. The highest BCUT2D eigenvalue weighted by atomic mass is 16.7. The molecular weight excluding hydrogens is 399 g/mol. The van der Waals surface area contributed by atoms with Gasteiger partial charge in [0, 0.05) is 22.4 Å². The van der Waals surface area contributed by atoms with Crippen LogP contribution in [0.2, 0.25) is 0 Å². The molecule has 0 amide bonds. The summed E-state index contributed by atoms with van der Waals surface area (Å²) in [6, 6.07) is 20.1. The van der Waals surface area contributed by atoms with Gasteiger partial charge in [0.05, 0.1) is 27.8 Å². The van der Waals surface area contributed by atoms with Gasteiger partial charge in [0.2, 0.25) is 0 Å². The predicted molar refractivity (Wildman–Crippen MR) is 128 cm³/mol. The number of benzene rings is 2. The molecule has 4 heterocycles. The summed E-state index contributed by atoms with van der Waals surface area (Å²) in [6.07, 6.45) is 1.82. The van der Waals surface area contributed by atoms with E-state index in [-0.39, 0.29) is 0 Å². The molecular formula is C26H23BN2O3. The minimum Gasteiger partial charge on any atom is -0.455 e. The van der Waals surface area contributed by atoms with Crippen molar-refractivity contribution in [3.63, 3.8) is 0 Å². The Balaban J connectivity index is 1.51. The Hall–Kier alpha value is -3.22. The summed E-state index contributed by atoms with van der Waals surface area (Å²) >= 11 is 0. The topological polar surface area (TPSA) is 57.4 Å². The summed E-state index contributed by atoms with van der Waals surface area (Å²) < 4.78 is 18.6. The highest BCUT2D eigenvalue weighted by molar-refractivity contribution is 6.62. The summed E-state index contributed by atoms with van der Waals surface area (Å²) in [4.78, 5) is 9.75. The Kier molecular flexibility index (Phi) is 4.04. The van der Waals surface area contributed by atoms with Crippen LogP contribution < -0.4 is 5.46 Å². The quantitative estimate of drug-likeness (QED) is 0.352. The Morgan fingerprint density at radius 2 is 1.47 bits per heavy atom. The first-order valence-corrected chi connectivity index (χ1v) is 10.9. The van der Waals surface area contributed by atoms with Crippen LogP contribution in [-0.4, -0.2) is 28.3 Å². The molecule has 1 fully saturated rings. The molecule has 6 heteroatoms. The van der Waals surface area contributed by atoms with Gasteiger partial charge in [-0.15, -0.1) is 0 Å². The van der Waals surface area contributed by atoms with Crippen molar-refractivity contribution in [3.8, 4) is 11.4 Å². The summed E-state index contributed by atoms with van der Waals surface area (Å²) in [5, 5.41) is 3.01. The van der Waals surface area contributed by atoms with Crippen LogP contribution in [0.3, 0.4) is 0 Å². The molecule has 1 saturated heterocycles. The van der Waals surface area contributed by atoms with Crippen LogP contribution in [0.25, 0.3) is 44.2 Å². The molecule has 5 nitrogen and oxygen atoms in total. The van der Waals surface area contributed by atoms with E-state index in [4.69, 9.17) is 23.7 Å². The van der Waals surface area contributed by atoms with Crippen LogP contribution in [0, 0.1) is 0 Å². The zero-order chi connectivity index (χ0) is 22.1. The molecule has 1 aliphatic rings. The SMILES string of the molecule is CC1(C)OB(c2ccc(-c3nc4ccccc4c4oc5ccccc5c34)nc2)OC1(C)C. The lowest BCUT2D eigenvalue weighted by Crippen LogP contribution is -2.41. The molecule has 0 spiro atoms. The van der Waals surface area contributed by atoms with Gasteiger partial charge in [-0.05, 0) is 52.0 Å². The normalized spacial score (nSPS) is 17.6. The van der Waals surface area contributed by atoms with Gasteiger partial charge in [-0.2, -0.15) is 0 Å². The van der Waals surface area contributed by atoms with Crippen molar-refractivity contribution in [2.45, 2.75) is 38.9 Å². The van der Waals surface area contributed by atoms with Gasteiger partial charge in [-0.3, -0.25) is 4.98 Å². The minimum atomic E-state index is -0.444. The van der Waals surface area contributed by atoms with Gasteiger partial charge in [-0.1, -0.05) is 36.4 Å².